The van der Waals surface area contributed by atoms with E-state index in [9.17, 15) is 14.7 Å². The van der Waals surface area contributed by atoms with Crippen molar-refractivity contribution in [1.82, 2.24) is 9.80 Å². The first-order valence-corrected chi connectivity index (χ1v) is 10.5. The predicted molar refractivity (Wildman–Crippen MR) is 117 cm³/mol. The molecule has 2 amide bonds. The molecule has 7 heteroatoms. The lowest BCUT2D eigenvalue weighted by Gasteiger charge is -2.32. The fraction of sp³-hybridized carbons (Fsp3) is 0.417. The molecule has 1 saturated heterocycles. The van der Waals surface area contributed by atoms with Crippen molar-refractivity contribution in [3.63, 3.8) is 0 Å². The number of carbonyl (C=O) groups is 2. The molecule has 31 heavy (non-hydrogen) atoms. The van der Waals surface area contributed by atoms with Gasteiger partial charge in [0.25, 0.3) is 5.91 Å². The molecule has 2 aromatic rings. The molecule has 0 aromatic heterocycles. The summed E-state index contributed by atoms with van der Waals surface area (Å²) in [5.74, 6) is 0.544. The Morgan fingerprint density at radius 3 is 2.35 bits per heavy atom. The first-order valence-electron chi connectivity index (χ1n) is 10.5. The van der Waals surface area contributed by atoms with E-state index in [0.29, 0.717) is 24.4 Å². The van der Waals surface area contributed by atoms with Crippen molar-refractivity contribution in [3.8, 4) is 5.75 Å². The Balaban J connectivity index is 1.49. The summed E-state index contributed by atoms with van der Waals surface area (Å²) in [6, 6.07) is 16.3. The van der Waals surface area contributed by atoms with Crippen LogP contribution >= 0.6 is 0 Å². The molecule has 0 unspecified atom stereocenters. The molecule has 0 saturated carbocycles. The number of benzene rings is 2. The number of hydrogen-bond donors (Lipinski definition) is 1. The van der Waals surface area contributed by atoms with E-state index in [1.54, 1.807) is 36.2 Å². The van der Waals surface area contributed by atoms with Crippen molar-refractivity contribution in [2.45, 2.75) is 25.0 Å². The number of aliphatic hydroxyl groups is 1. The lowest BCUT2D eigenvalue weighted by Crippen LogP contribution is -2.43. The molecule has 1 aliphatic heterocycles. The number of likely N-dealkylation sites (N-methyl/N-ethyl adjacent to an activating group) is 1. The van der Waals surface area contributed by atoms with E-state index in [1.165, 1.54) is 12.0 Å². The van der Waals surface area contributed by atoms with Crippen molar-refractivity contribution in [2.24, 2.45) is 0 Å². The van der Waals surface area contributed by atoms with Crippen LogP contribution in [-0.4, -0.2) is 73.2 Å². The molecule has 2 aromatic carbocycles. The second kappa shape index (κ2) is 10.9. The van der Waals surface area contributed by atoms with Crippen molar-refractivity contribution in [1.29, 1.82) is 0 Å². The summed E-state index contributed by atoms with van der Waals surface area (Å²) in [4.78, 5) is 27.9. The maximum Gasteiger partial charge on any atom is 0.253 e. The van der Waals surface area contributed by atoms with Gasteiger partial charge < -0.3 is 24.4 Å². The monoisotopic (exact) mass is 426 g/mol. The zero-order valence-corrected chi connectivity index (χ0v) is 18.1. The normalized spacial score (nSPS) is 15.4. The van der Waals surface area contributed by atoms with Gasteiger partial charge in [-0.05, 0) is 29.8 Å². The van der Waals surface area contributed by atoms with Gasteiger partial charge >= 0.3 is 0 Å². The molecule has 7 nitrogen and oxygen atoms in total. The van der Waals surface area contributed by atoms with Crippen LogP contribution in [0.2, 0.25) is 0 Å². The summed E-state index contributed by atoms with van der Waals surface area (Å²) in [6.07, 6.45) is 0.822. The van der Waals surface area contributed by atoms with E-state index in [0.717, 1.165) is 18.4 Å². The molecule has 0 bridgehead atoms. The summed E-state index contributed by atoms with van der Waals surface area (Å²) in [5.41, 5.74) is 1.32. The van der Waals surface area contributed by atoms with E-state index in [4.69, 9.17) is 9.47 Å². The summed E-state index contributed by atoms with van der Waals surface area (Å²) in [7, 11) is 3.20. The van der Waals surface area contributed by atoms with E-state index in [2.05, 4.69) is 0 Å². The quantitative estimate of drug-likeness (QED) is 0.702. The van der Waals surface area contributed by atoms with E-state index >= 15 is 0 Å². The minimum atomic E-state index is -0.737. The number of methoxy groups -OCH3 is 1. The van der Waals surface area contributed by atoms with Crippen LogP contribution in [0.1, 0.15) is 34.9 Å². The van der Waals surface area contributed by atoms with Crippen molar-refractivity contribution < 1.29 is 24.2 Å². The molecular weight excluding hydrogens is 396 g/mol. The van der Waals surface area contributed by atoms with Crippen LogP contribution in [0, 0.1) is 0 Å². The number of aliphatic hydroxyl groups excluding tert-OH is 1. The second-order valence-electron chi connectivity index (χ2n) is 7.77. The number of hydrogen-bond acceptors (Lipinski definition) is 5. The van der Waals surface area contributed by atoms with Gasteiger partial charge in [0.2, 0.25) is 5.91 Å². The highest BCUT2D eigenvalue weighted by Crippen LogP contribution is 2.21. The molecular formula is C24H30N2O5. The standard InChI is InChI=1S/C24H30N2O5/c1-25(16-22(27)18-6-4-3-5-7-18)24(29)19-8-10-20(11-9-19)31-21-12-14-26(15-13-21)23(28)17-30-2/h3-11,21-22,27H,12-17H2,1-2H3/t22-/m0/s1. The highest BCUT2D eigenvalue weighted by Gasteiger charge is 2.24. The van der Waals surface area contributed by atoms with Crippen molar-refractivity contribution >= 4 is 11.8 Å². The number of nitrogens with zero attached hydrogens (tertiary/aromatic N) is 2. The van der Waals surface area contributed by atoms with Crippen LogP contribution in [0.15, 0.2) is 54.6 Å². The smallest absolute Gasteiger partial charge is 0.253 e. The largest absolute Gasteiger partial charge is 0.490 e. The minimum Gasteiger partial charge on any atom is -0.490 e. The number of piperidine rings is 1. The Morgan fingerprint density at radius 2 is 1.74 bits per heavy atom. The fourth-order valence-corrected chi connectivity index (χ4v) is 3.65. The zero-order valence-electron chi connectivity index (χ0n) is 18.1. The van der Waals surface area contributed by atoms with Crippen LogP contribution < -0.4 is 4.74 Å². The van der Waals surface area contributed by atoms with Crippen LogP contribution in [0.25, 0.3) is 0 Å². The SMILES string of the molecule is COCC(=O)N1CCC(Oc2ccc(C(=O)N(C)C[C@H](O)c3ccccc3)cc2)CC1. The fourth-order valence-electron chi connectivity index (χ4n) is 3.65. The van der Waals surface area contributed by atoms with Crippen LogP contribution in [-0.2, 0) is 9.53 Å². The van der Waals surface area contributed by atoms with Gasteiger partial charge in [-0.25, -0.2) is 0 Å². The summed E-state index contributed by atoms with van der Waals surface area (Å²) in [6.45, 7) is 1.62. The van der Waals surface area contributed by atoms with E-state index in [1.807, 2.05) is 30.3 Å². The van der Waals surface area contributed by atoms with Gasteiger partial charge in [0.15, 0.2) is 0 Å². The molecule has 166 valence electrons. The lowest BCUT2D eigenvalue weighted by molar-refractivity contribution is -0.136. The molecule has 3 rings (SSSR count). The molecule has 0 spiro atoms. The molecule has 1 heterocycles. The number of carbonyl (C=O) groups excluding carboxylic acids is 2. The Labute approximate surface area is 183 Å². The van der Waals surface area contributed by atoms with Gasteiger partial charge in [0.05, 0.1) is 12.6 Å². The summed E-state index contributed by atoms with van der Waals surface area (Å²) >= 11 is 0. The molecule has 1 fully saturated rings. The van der Waals surface area contributed by atoms with E-state index in [-0.39, 0.29) is 31.1 Å². The van der Waals surface area contributed by atoms with Gasteiger partial charge in [-0.2, -0.15) is 0 Å². The topological polar surface area (TPSA) is 79.3 Å². The maximum absolute atomic E-state index is 12.7. The second-order valence-corrected chi connectivity index (χ2v) is 7.77. The van der Waals surface area contributed by atoms with Gasteiger partial charge in [0, 0.05) is 45.7 Å². The Morgan fingerprint density at radius 1 is 1.10 bits per heavy atom. The van der Waals surface area contributed by atoms with Gasteiger partial charge in [-0.3, -0.25) is 9.59 Å². The van der Waals surface area contributed by atoms with Crippen LogP contribution in [0.3, 0.4) is 0 Å². The third-order valence-electron chi connectivity index (χ3n) is 5.44. The van der Waals surface area contributed by atoms with Gasteiger partial charge in [0.1, 0.15) is 18.5 Å². The molecule has 0 aliphatic carbocycles. The Hall–Kier alpha value is -2.90. The molecule has 1 N–H and O–H groups in total. The van der Waals surface area contributed by atoms with Crippen LogP contribution in [0.5, 0.6) is 5.75 Å². The summed E-state index contributed by atoms with van der Waals surface area (Å²) < 4.78 is 10.9. The Kier molecular flexibility index (Phi) is 8.03. The summed E-state index contributed by atoms with van der Waals surface area (Å²) in [5, 5.41) is 10.4. The van der Waals surface area contributed by atoms with Crippen molar-refractivity contribution in [2.75, 3.05) is 40.4 Å². The van der Waals surface area contributed by atoms with Crippen molar-refractivity contribution in [3.05, 3.63) is 65.7 Å². The first-order chi connectivity index (χ1) is 15.0. The van der Waals surface area contributed by atoms with Crippen LogP contribution in [0.4, 0.5) is 0 Å². The van der Waals surface area contributed by atoms with E-state index < -0.39 is 6.10 Å². The predicted octanol–water partition coefficient (Wildman–Crippen LogP) is 2.51. The number of rotatable bonds is 8. The number of ether oxygens (including phenoxy) is 2. The molecule has 1 atom stereocenters. The maximum atomic E-state index is 12.7. The number of likely N-dealkylation sites (tertiary alicyclic amines) is 1. The highest BCUT2D eigenvalue weighted by atomic mass is 16.5. The average molecular weight is 427 g/mol. The zero-order chi connectivity index (χ0) is 22.2. The number of amides is 2. The average Bonchev–Trinajstić information content (AvgIpc) is 2.80. The molecule has 1 aliphatic rings. The highest BCUT2D eigenvalue weighted by molar-refractivity contribution is 5.94. The lowest BCUT2D eigenvalue weighted by atomic mass is 10.1. The third-order valence-corrected chi connectivity index (χ3v) is 5.44. The van der Waals surface area contributed by atoms with Gasteiger partial charge in [-0.15, -0.1) is 0 Å². The third kappa shape index (κ3) is 6.29. The molecule has 0 radical (unpaired) electrons. The Bertz CT molecular complexity index is 848. The first kappa shape index (κ1) is 22.8. The van der Waals surface area contributed by atoms with Gasteiger partial charge in [-0.1, -0.05) is 30.3 Å². The minimum absolute atomic E-state index is 0.00492.